The van der Waals surface area contributed by atoms with Gasteiger partial charge in [-0.3, -0.25) is 9.59 Å². The molecule has 0 saturated carbocycles. The summed E-state index contributed by atoms with van der Waals surface area (Å²) in [6.45, 7) is 1.96. The van der Waals surface area contributed by atoms with Crippen LogP contribution in [0.4, 0.5) is 0 Å². The van der Waals surface area contributed by atoms with Crippen molar-refractivity contribution in [2.24, 2.45) is 5.92 Å². The fraction of sp³-hybridized carbons (Fsp3) is 0.304. The van der Waals surface area contributed by atoms with E-state index in [1.807, 2.05) is 31.2 Å². The van der Waals surface area contributed by atoms with Gasteiger partial charge >= 0.3 is 11.9 Å². The number of cyclic esters (lactones) is 1. The minimum absolute atomic E-state index is 0.274. The Hall–Kier alpha value is -2.88. The summed E-state index contributed by atoms with van der Waals surface area (Å²) in [7, 11) is 0. The molecule has 27 heavy (non-hydrogen) atoms. The first-order valence-corrected chi connectivity index (χ1v) is 9.51. The number of carbonyl (C=O) groups excluding carboxylic acids is 2. The second-order valence-corrected chi connectivity index (χ2v) is 7.82. The lowest BCUT2D eigenvalue weighted by Crippen LogP contribution is -2.46. The molecule has 4 atom stereocenters. The fourth-order valence-corrected chi connectivity index (χ4v) is 5.63. The lowest BCUT2D eigenvalue weighted by atomic mass is 9.59. The van der Waals surface area contributed by atoms with Crippen molar-refractivity contribution < 1.29 is 19.1 Å². The van der Waals surface area contributed by atoms with Crippen molar-refractivity contribution in [3.8, 4) is 0 Å². The van der Waals surface area contributed by atoms with Crippen molar-refractivity contribution >= 4 is 33.5 Å². The number of hydrogen-bond donors (Lipinski definition) is 0. The van der Waals surface area contributed by atoms with Crippen LogP contribution in [0.1, 0.15) is 24.5 Å². The minimum Gasteiger partial charge on any atom is -0.458 e. The van der Waals surface area contributed by atoms with Gasteiger partial charge in [0.2, 0.25) is 0 Å². The van der Waals surface area contributed by atoms with E-state index in [2.05, 4.69) is 24.3 Å². The van der Waals surface area contributed by atoms with Crippen LogP contribution in [0.3, 0.4) is 0 Å². The Balaban J connectivity index is 1.74. The molecule has 2 aliphatic carbocycles. The number of ether oxygens (including phenoxy) is 2. The van der Waals surface area contributed by atoms with Crippen molar-refractivity contribution in [3.05, 3.63) is 59.7 Å². The van der Waals surface area contributed by atoms with Crippen LogP contribution in [0.25, 0.3) is 21.5 Å². The van der Waals surface area contributed by atoms with Crippen LogP contribution in [0, 0.1) is 5.92 Å². The standard InChI is InChI=1S/C23H18O4/c1-2-17-20-19(21(24)26-17)23(22(25)27-20)11-16-12-7-3-5-9-14(12)18(23)15-10-6-4-8-13(15)16/h3-10,17,19-20H,2,11H2,1H3/t17-,19-,20-,23+/m1/s1. The van der Waals surface area contributed by atoms with Gasteiger partial charge in [-0.05, 0) is 45.5 Å². The minimum atomic E-state index is -0.969. The Labute approximate surface area is 156 Å². The highest BCUT2D eigenvalue weighted by Gasteiger charge is 2.69. The van der Waals surface area contributed by atoms with E-state index in [1.165, 1.54) is 0 Å². The average Bonchev–Trinajstić information content (AvgIpc) is 3.17. The molecule has 2 heterocycles. The molecule has 2 saturated heterocycles. The van der Waals surface area contributed by atoms with Gasteiger partial charge in [-0.2, -0.15) is 0 Å². The molecule has 4 nitrogen and oxygen atoms in total. The molecule has 2 bridgehead atoms. The quantitative estimate of drug-likeness (QED) is 0.492. The summed E-state index contributed by atoms with van der Waals surface area (Å²) in [6.07, 6.45) is 0.321. The first-order valence-electron chi connectivity index (χ1n) is 9.51. The topological polar surface area (TPSA) is 52.6 Å². The molecule has 7 rings (SSSR count). The number of benzene rings is 3. The second-order valence-electron chi connectivity index (χ2n) is 7.82. The van der Waals surface area contributed by atoms with E-state index in [4.69, 9.17) is 9.47 Å². The van der Waals surface area contributed by atoms with Crippen LogP contribution in [-0.2, 0) is 30.9 Å². The Bertz CT molecular complexity index is 1110. The summed E-state index contributed by atoms with van der Waals surface area (Å²) in [4.78, 5) is 26.2. The molecule has 2 fully saturated rings. The molecule has 3 aromatic rings. The van der Waals surface area contributed by atoms with Crippen molar-refractivity contribution in [2.45, 2.75) is 37.4 Å². The first kappa shape index (κ1) is 15.2. The average molecular weight is 358 g/mol. The third-order valence-electron chi connectivity index (χ3n) is 6.70. The molecule has 2 aliphatic heterocycles. The van der Waals surface area contributed by atoms with E-state index < -0.39 is 17.4 Å². The number of rotatable bonds is 1. The molecule has 0 N–H and O–H groups in total. The van der Waals surface area contributed by atoms with Crippen molar-refractivity contribution in [3.63, 3.8) is 0 Å². The van der Waals surface area contributed by atoms with Crippen molar-refractivity contribution in [1.82, 2.24) is 0 Å². The van der Waals surface area contributed by atoms with Crippen LogP contribution in [0.15, 0.2) is 48.5 Å². The molecule has 134 valence electrons. The lowest BCUT2D eigenvalue weighted by Gasteiger charge is -2.38. The molecule has 4 heteroatoms. The maximum absolute atomic E-state index is 13.3. The van der Waals surface area contributed by atoms with Crippen molar-refractivity contribution in [1.29, 1.82) is 0 Å². The Morgan fingerprint density at radius 1 is 0.926 bits per heavy atom. The van der Waals surface area contributed by atoms with Crippen LogP contribution in [-0.4, -0.2) is 24.1 Å². The molecule has 3 aromatic carbocycles. The van der Waals surface area contributed by atoms with E-state index in [0.29, 0.717) is 12.8 Å². The van der Waals surface area contributed by atoms with E-state index in [0.717, 1.165) is 32.7 Å². The summed E-state index contributed by atoms with van der Waals surface area (Å²) in [6, 6.07) is 16.3. The monoisotopic (exact) mass is 358 g/mol. The molecule has 0 unspecified atom stereocenters. The predicted octanol–water partition coefficient (Wildman–Crippen LogP) is 3.66. The smallest absolute Gasteiger partial charge is 0.318 e. The van der Waals surface area contributed by atoms with Crippen molar-refractivity contribution in [2.75, 3.05) is 0 Å². The third kappa shape index (κ3) is 1.61. The zero-order chi connectivity index (χ0) is 18.3. The van der Waals surface area contributed by atoms with E-state index >= 15 is 0 Å². The summed E-state index contributed by atoms with van der Waals surface area (Å²) in [5, 5.41) is 4.41. The second kappa shape index (κ2) is 4.89. The van der Waals surface area contributed by atoms with Crippen LogP contribution < -0.4 is 0 Å². The third-order valence-corrected chi connectivity index (χ3v) is 6.70. The predicted molar refractivity (Wildman–Crippen MR) is 100 cm³/mol. The van der Waals surface area contributed by atoms with Gasteiger partial charge in [0, 0.05) is 0 Å². The van der Waals surface area contributed by atoms with Gasteiger partial charge in [0.05, 0.1) is 0 Å². The van der Waals surface area contributed by atoms with Crippen LogP contribution in [0.5, 0.6) is 0 Å². The number of fused-ring (bicyclic) bond motifs is 1. The summed E-state index contributed by atoms with van der Waals surface area (Å²) in [5.74, 6) is -1.14. The normalized spacial score (nSPS) is 30.9. The molecule has 1 spiro atoms. The molecule has 0 radical (unpaired) electrons. The number of esters is 2. The zero-order valence-electron chi connectivity index (χ0n) is 14.9. The Kier molecular flexibility index (Phi) is 2.75. The van der Waals surface area contributed by atoms with Gasteiger partial charge in [0.1, 0.15) is 17.4 Å². The van der Waals surface area contributed by atoms with E-state index in [-0.39, 0.29) is 18.0 Å². The fourth-order valence-electron chi connectivity index (χ4n) is 5.63. The maximum Gasteiger partial charge on any atom is 0.318 e. The zero-order valence-corrected chi connectivity index (χ0v) is 14.9. The highest BCUT2D eigenvalue weighted by Crippen LogP contribution is 2.57. The Morgan fingerprint density at radius 3 is 2.11 bits per heavy atom. The van der Waals surface area contributed by atoms with Gasteiger partial charge < -0.3 is 9.47 Å². The van der Waals surface area contributed by atoms with Gasteiger partial charge in [0.15, 0.2) is 6.10 Å². The highest BCUT2D eigenvalue weighted by molar-refractivity contribution is 6.14. The molecular weight excluding hydrogens is 340 g/mol. The maximum atomic E-state index is 13.3. The van der Waals surface area contributed by atoms with Gasteiger partial charge in [-0.15, -0.1) is 0 Å². The first-order chi connectivity index (χ1) is 13.2. The summed E-state index contributed by atoms with van der Waals surface area (Å²) in [5.41, 5.74) is 1.10. The highest BCUT2D eigenvalue weighted by atomic mass is 16.6. The number of hydrogen-bond acceptors (Lipinski definition) is 4. The van der Waals surface area contributed by atoms with Gasteiger partial charge in [0.25, 0.3) is 0 Å². The SMILES string of the molecule is CC[C@H]1OC(=O)[C@H]2[C@@H]1OC(=O)[C@]21Cc2c3ccccc3c1c1ccccc21. The molecule has 0 aromatic heterocycles. The van der Waals surface area contributed by atoms with E-state index in [9.17, 15) is 9.59 Å². The summed E-state index contributed by atoms with van der Waals surface area (Å²) >= 11 is 0. The molecule has 4 aliphatic rings. The largest absolute Gasteiger partial charge is 0.458 e. The summed E-state index contributed by atoms with van der Waals surface area (Å²) < 4.78 is 11.4. The van der Waals surface area contributed by atoms with Gasteiger partial charge in [-0.1, -0.05) is 55.5 Å². The Morgan fingerprint density at radius 2 is 1.52 bits per heavy atom. The number of carbonyl (C=O) groups is 2. The lowest BCUT2D eigenvalue weighted by molar-refractivity contribution is -0.156. The molecule has 0 amide bonds. The van der Waals surface area contributed by atoms with Crippen LogP contribution >= 0.6 is 0 Å². The van der Waals surface area contributed by atoms with E-state index in [1.54, 1.807) is 0 Å². The molecular formula is C23H18O4. The van der Waals surface area contributed by atoms with Gasteiger partial charge in [-0.25, -0.2) is 0 Å². The van der Waals surface area contributed by atoms with Crippen LogP contribution in [0.2, 0.25) is 0 Å².